The zero-order valence-electron chi connectivity index (χ0n) is 15.7. The van der Waals surface area contributed by atoms with Crippen molar-refractivity contribution < 1.29 is 14.4 Å². The fourth-order valence-corrected chi connectivity index (χ4v) is 2.42. The minimum Gasteiger partial charge on any atom is -0.444 e. The Balaban J connectivity index is 1.86. The number of ether oxygens (including phenoxy) is 1. The van der Waals surface area contributed by atoms with Gasteiger partial charge < -0.3 is 10.1 Å². The van der Waals surface area contributed by atoms with E-state index < -0.39 is 11.7 Å². The molecule has 5 heteroatoms. The molecule has 140 valence electrons. The molecule has 0 bridgehead atoms. The van der Waals surface area contributed by atoms with Crippen LogP contribution in [0.15, 0.2) is 60.7 Å². The monoisotopic (exact) mass is 356 g/mol. The number of hydrogen-bond donors (Lipinski definition) is 2. The van der Waals surface area contributed by atoms with Crippen LogP contribution >= 0.6 is 0 Å². The van der Waals surface area contributed by atoms with Crippen LogP contribution in [0.1, 0.15) is 31.9 Å². The van der Waals surface area contributed by atoms with E-state index in [1.807, 2.05) is 81.4 Å². The third kappa shape index (κ3) is 8.14. The molecular weight excluding hydrogens is 328 g/mol. The molecule has 2 aromatic rings. The van der Waals surface area contributed by atoms with Gasteiger partial charge in [-0.25, -0.2) is 10.3 Å². The third-order valence-electron chi connectivity index (χ3n) is 3.56. The lowest BCUT2D eigenvalue weighted by atomic mass is 10.1. The number of alkyl carbamates (subject to hydrolysis) is 1. The molecule has 1 atom stereocenters. The molecule has 2 rings (SSSR count). The molecule has 1 amide bonds. The predicted octanol–water partition coefficient (Wildman–Crippen LogP) is 3.84. The fourth-order valence-electron chi connectivity index (χ4n) is 2.42. The summed E-state index contributed by atoms with van der Waals surface area (Å²) in [5.41, 5.74) is 4.64. The van der Waals surface area contributed by atoms with Gasteiger partial charge in [0.25, 0.3) is 0 Å². The molecule has 0 aliphatic heterocycles. The van der Waals surface area contributed by atoms with Crippen molar-refractivity contribution in [1.29, 1.82) is 0 Å². The van der Waals surface area contributed by atoms with Gasteiger partial charge in [-0.05, 0) is 38.3 Å². The van der Waals surface area contributed by atoms with Gasteiger partial charge in [-0.1, -0.05) is 60.7 Å². The molecule has 0 heterocycles. The van der Waals surface area contributed by atoms with Crippen LogP contribution in [0.3, 0.4) is 0 Å². The standard InChI is InChI=1S/C21H28N2O3/c1-21(2,3)26-20(24)23-19(14-17-10-6-4-7-11-17)15-22-25-16-18-12-8-5-9-13-18/h4-13,19,22H,14-16H2,1-3H3,(H,23,24)/t19-/m1/s1. The first-order valence-electron chi connectivity index (χ1n) is 8.84. The molecule has 0 radical (unpaired) electrons. The molecule has 2 N–H and O–H groups in total. The summed E-state index contributed by atoms with van der Waals surface area (Å²) >= 11 is 0. The summed E-state index contributed by atoms with van der Waals surface area (Å²) in [5.74, 6) is 0. The van der Waals surface area contributed by atoms with Crippen molar-refractivity contribution in [1.82, 2.24) is 10.8 Å². The largest absolute Gasteiger partial charge is 0.444 e. The van der Waals surface area contributed by atoms with Gasteiger partial charge in [0.15, 0.2) is 0 Å². The zero-order chi connectivity index (χ0) is 18.8. The van der Waals surface area contributed by atoms with E-state index in [-0.39, 0.29) is 6.04 Å². The van der Waals surface area contributed by atoms with Crippen LogP contribution in [0.4, 0.5) is 4.79 Å². The number of nitrogens with one attached hydrogen (secondary N) is 2. The van der Waals surface area contributed by atoms with Crippen LogP contribution in [0, 0.1) is 0 Å². The molecule has 2 aromatic carbocycles. The second-order valence-corrected chi connectivity index (χ2v) is 7.16. The number of carbonyl (C=O) groups excluding carboxylic acids is 1. The van der Waals surface area contributed by atoms with Crippen LogP contribution in [-0.4, -0.2) is 24.3 Å². The summed E-state index contributed by atoms with van der Waals surface area (Å²) < 4.78 is 5.36. The van der Waals surface area contributed by atoms with Crippen molar-refractivity contribution in [3.8, 4) is 0 Å². The van der Waals surface area contributed by atoms with Crippen LogP contribution in [-0.2, 0) is 22.6 Å². The molecule has 0 saturated carbocycles. The molecule has 0 aliphatic rings. The Labute approximate surface area is 155 Å². The van der Waals surface area contributed by atoms with Gasteiger partial charge in [0, 0.05) is 6.54 Å². The van der Waals surface area contributed by atoms with E-state index in [9.17, 15) is 4.79 Å². The van der Waals surface area contributed by atoms with Crippen molar-refractivity contribution in [2.45, 2.75) is 45.4 Å². The topological polar surface area (TPSA) is 59.6 Å². The van der Waals surface area contributed by atoms with E-state index in [1.54, 1.807) is 0 Å². The number of amides is 1. The Hall–Kier alpha value is -2.37. The van der Waals surface area contributed by atoms with Gasteiger partial charge in [-0.15, -0.1) is 0 Å². The van der Waals surface area contributed by atoms with E-state index in [0.29, 0.717) is 19.6 Å². The van der Waals surface area contributed by atoms with E-state index in [4.69, 9.17) is 9.57 Å². The summed E-state index contributed by atoms with van der Waals surface area (Å²) in [7, 11) is 0. The van der Waals surface area contributed by atoms with Crippen LogP contribution in [0.5, 0.6) is 0 Å². The lowest BCUT2D eigenvalue weighted by molar-refractivity contribution is 0.0196. The maximum atomic E-state index is 12.1. The van der Waals surface area contributed by atoms with E-state index in [0.717, 1.165) is 11.1 Å². The number of hydrogen-bond acceptors (Lipinski definition) is 4. The molecule has 5 nitrogen and oxygen atoms in total. The smallest absolute Gasteiger partial charge is 0.407 e. The fraction of sp³-hybridized carbons (Fsp3) is 0.381. The second-order valence-electron chi connectivity index (χ2n) is 7.16. The average Bonchev–Trinajstić information content (AvgIpc) is 2.59. The summed E-state index contributed by atoms with van der Waals surface area (Å²) in [6.07, 6.45) is 0.255. The molecular formula is C21H28N2O3. The van der Waals surface area contributed by atoms with Crippen LogP contribution in [0.25, 0.3) is 0 Å². The first-order valence-corrected chi connectivity index (χ1v) is 8.84. The van der Waals surface area contributed by atoms with Crippen molar-refractivity contribution in [3.63, 3.8) is 0 Å². The van der Waals surface area contributed by atoms with E-state index >= 15 is 0 Å². The molecule has 0 unspecified atom stereocenters. The highest BCUT2D eigenvalue weighted by molar-refractivity contribution is 5.68. The van der Waals surface area contributed by atoms with Gasteiger partial charge in [-0.2, -0.15) is 0 Å². The molecule has 0 fully saturated rings. The Kier molecular flexibility index (Phi) is 7.63. The Bertz CT molecular complexity index is 654. The Morgan fingerprint density at radius 2 is 1.54 bits per heavy atom. The molecule has 26 heavy (non-hydrogen) atoms. The molecule has 0 saturated heterocycles. The van der Waals surface area contributed by atoms with Crippen LogP contribution in [0.2, 0.25) is 0 Å². The van der Waals surface area contributed by atoms with Gasteiger partial charge in [-0.3, -0.25) is 4.84 Å². The molecule has 0 aliphatic carbocycles. The quantitative estimate of drug-likeness (QED) is 0.557. The maximum Gasteiger partial charge on any atom is 0.407 e. The highest BCUT2D eigenvalue weighted by Gasteiger charge is 2.19. The van der Waals surface area contributed by atoms with Gasteiger partial charge in [0.2, 0.25) is 0 Å². The second kappa shape index (κ2) is 9.94. The summed E-state index contributed by atoms with van der Waals surface area (Å²) in [4.78, 5) is 17.6. The van der Waals surface area contributed by atoms with Crippen LogP contribution < -0.4 is 10.8 Å². The van der Waals surface area contributed by atoms with E-state index in [1.165, 1.54) is 0 Å². The van der Waals surface area contributed by atoms with Gasteiger partial charge in [0.1, 0.15) is 5.60 Å². The van der Waals surface area contributed by atoms with Gasteiger partial charge in [0.05, 0.1) is 12.6 Å². The molecule has 0 aromatic heterocycles. The Morgan fingerprint density at radius 1 is 0.962 bits per heavy atom. The number of carbonyl (C=O) groups is 1. The van der Waals surface area contributed by atoms with Crippen molar-refractivity contribution in [3.05, 3.63) is 71.8 Å². The SMILES string of the molecule is CC(C)(C)OC(=O)N[C@@H](CNOCc1ccccc1)Cc1ccccc1. The normalized spacial score (nSPS) is 12.4. The van der Waals surface area contributed by atoms with Crippen molar-refractivity contribution in [2.24, 2.45) is 0 Å². The lowest BCUT2D eigenvalue weighted by Crippen LogP contribution is -2.45. The number of benzene rings is 2. The summed E-state index contributed by atoms with van der Waals surface area (Å²) in [5, 5.41) is 2.92. The first kappa shape index (κ1) is 19.9. The summed E-state index contributed by atoms with van der Waals surface area (Å²) in [6.45, 7) is 6.48. The summed E-state index contributed by atoms with van der Waals surface area (Å²) in [6, 6.07) is 19.8. The van der Waals surface area contributed by atoms with E-state index in [2.05, 4.69) is 10.8 Å². The minimum absolute atomic E-state index is 0.150. The predicted molar refractivity (Wildman–Crippen MR) is 103 cm³/mol. The Morgan fingerprint density at radius 3 is 2.12 bits per heavy atom. The first-order chi connectivity index (χ1) is 12.4. The lowest BCUT2D eigenvalue weighted by Gasteiger charge is -2.24. The maximum absolute atomic E-state index is 12.1. The van der Waals surface area contributed by atoms with Gasteiger partial charge >= 0.3 is 6.09 Å². The molecule has 0 spiro atoms. The van der Waals surface area contributed by atoms with Crippen molar-refractivity contribution in [2.75, 3.05) is 6.54 Å². The zero-order valence-corrected chi connectivity index (χ0v) is 15.7. The highest BCUT2D eigenvalue weighted by atomic mass is 16.6. The minimum atomic E-state index is -0.529. The third-order valence-corrected chi connectivity index (χ3v) is 3.56. The number of hydroxylamine groups is 1. The number of rotatable bonds is 8. The average molecular weight is 356 g/mol. The highest BCUT2D eigenvalue weighted by Crippen LogP contribution is 2.08. The van der Waals surface area contributed by atoms with Crippen molar-refractivity contribution >= 4 is 6.09 Å².